The first-order valence-electron chi connectivity index (χ1n) is 10.1. The van der Waals surface area contributed by atoms with Gasteiger partial charge >= 0.3 is 0 Å². The number of ketones is 1. The maximum absolute atomic E-state index is 12.5. The third-order valence-corrected chi connectivity index (χ3v) is 5.46. The molecule has 0 spiro atoms. The van der Waals surface area contributed by atoms with Crippen LogP contribution in [0.5, 0.6) is 0 Å². The molecule has 2 amide bonds. The Kier molecular flexibility index (Phi) is 5.62. The van der Waals surface area contributed by atoms with Crippen molar-refractivity contribution in [2.45, 2.75) is 83.3 Å². The van der Waals surface area contributed by atoms with Gasteiger partial charge in [0.05, 0.1) is 0 Å². The van der Waals surface area contributed by atoms with Crippen molar-refractivity contribution in [3.63, 3.8) is 0 Å². The normalized spacial score (nSPS) is 20.8. The van der Waals surface area contributed by atoms with Gasteiger partial charge < -0.3 is 16.0 Å². The van der Waals surface area contributed by atoms with Gasteiger partial charge in [0, 0.05) is 47.6 Å². The molecule has 2 heterocycles. The van der Waals surface area contributed by atoms with E-state index in [-0.39, 0.29) is 47.6 Å². The molecule has 1 saturated heterocycles. The summed E-state index contributed by atoms with van der Waals surface area (Å²) in [6.07, 6.45) is 3.20. The van der Waals surface area contributed by atoms with Crippen LogP contribution in [0.1, 0.15) is 75.7 Å². The fraction of sp³-hybridized carbons (Fsp3) is 0.591. The van der Waals surface area contributed by atoms with Crippen LogP contribution in [-0.2, 0) is 16.0 Å². The Bertz CT molecular complexity index is 782. The minimum atomic E-state index is -0.0722. The third-order valence-electron chi connectivity index (χ3n) is 5.46. The van der Waals surface area contributed by atoms with Crippen LogP contribution in [-0.4, -0.2) is 34.7 Å². The molecule has 1 fully saturated rings. The van der Waals surface area contributed by atoms with E-state index in [1.807, 2.05) is 6.07 Å². The summed E-state index contributed by atoms with van der Waals surface area (Å²) in [7, 11) is 0. The lowest BCUT2D eigenvalue weighted by atomic mass is 9.79. The van der Waals surface area contributed by atoms with E-state index >= 15 is 0 Å². The van der Waals surface area contributed by atoms with Gasteiger partial charge in [-0.05, 0) is 70.7 Å². The molecule has 0 aromatic heterocycles. The largest absolute Gasteiger partial charge is 0.353 e. The molecule has 2 aliphatic rings. The summed E-state index contributed by atoms with van der Waals surface area (Å²) in [4.78, 5) is 36.4. The SMILES string of the molecule is CC1(C)CC(NC(=O)CCC(=O)c2ccc3c(c2)CCC(=O)N3)CC(C)(C)N1. The van der Waals surface area contributed by atoms with Crippen molar-refractivity contribution >= 4 is 23.3 Å². The molecule has 1 aromatic rings. The van der Waals surface area contributed by atoms with Gasteiger partial charge in [-0.25, -0.2) is 0 Å². The topological polar surface area (TPSA) is 87.3 Å². The molecule has 28 heavy (non-hydrogen) atoms. The van der Waals surface area contributed by atoms with E-state index in [0.29, 0.717) is 18.4 Å². The Balaban J connectivity index is 1.53. The zero-order valence-corrected chi connectivity index (χ0v) is 17.3. The molecule has 3 rings (SSSR count). The summed E-state index contributed by atoms with van der Waals surface area (Å²) in [5, 5.41) is 9.53. The minimum absolute atomic E-state index is 0.00696. The van der Waals surface area contributed by atoms with Gasteiger partial charge in [0.1, 0.15) is 0 Å². The van der Waals surface area contributed by atoms with Gasteiger partial charge in [0.2, 0.25) is 11.8 Å². The summed E-state index contributed by atoms with van der Waals surface area (Å²) < 4.78 is 0. The van der Waals surface area contributed by atoms with Gasteiger partial charge in [0.25, 0.3) is 0 Å². The summed E-state index contributed by atoms with van der Waals surface area (Å²) >= 11 is 0. The maximum Gasteiger partial charge on any atom is 0.224 e. The van der Waals surface area contributed by atoms with Gasteiger partial charge in [-0.15, -0.1) is 0 Å². The number of hydrogen-bond acceptors (Lipinski definition) is 4. The summed E-state index contributed by atoms with van der Waals surface area (Å²) in [5.74, 6) is -0.106. The minimum Gasteiger partial charge on any atom is -0.353 e. The van der Waals surface area contributed by atoms with Crippen LogP contribution in [0.25, 0.3) is 0 Å². The molecule has 0 radical (unpaired) electrons. The van der Waals surface area contributed by atoms with Crippen molar-refractivity contribution in [3.05, 3.63) is 29.3 Å². The number of amides is 2. The molecule has 6 heteroatoms. The summed E-state index contributed by atoms with van der Waals surface area (Å²) in [6.45, 7) is 8.59. The first-order valence-corrected chi connectivity index (χ1v) is 10.1. The van der Waals surface area contributed by atoms with E-state index in [4.69, 9.17) is 0 Å². The second-order valence-corrected chi connectivity index (χ2v) is 9.41. The van der Waals surface area contributed by atoms with E-state index in [0.717, 1.165) is 24.1 Å². The fourth-order valence-corrected chi connectivity index (χ4v) is 4.65. The Morgan fingerprint density at radius 1 is 1.07 bits per heavy atom. The van der Waals surface area contributed by atoms with Gasteiger partial charge in [-0.3, -0.25) is 14.4 Å². The zero-order chi connectivity index (χ0) is 20.5. The smallest absolute Gasteiger partial charge is 0.224 e. The summed E-state index contributed by atoms with van der Waals surface area (Å²) in [6, 6.07) is 5.45. The number of carbonyl (C=O) groups is 3. The number of Topliss-reactive ketones (excluding diaryl/α,β-unsaturated/α-hetero) is 1. The number of anilines is 1. The van der Waals surface area contributed by atoms with Crippen molar-refractivity contribution in [1.29, 1.82) is 0 Å². The highest BCUT2D eigenvalue weighted by atomic mass is 16.2. The number of fused-ring (bicyclic) bond motifs is 1. The lowest BCUT2D eigenvalue weighted by Crippen LogP contribution is -2.62. The van der Waals surface area contributed by atoms with E-state index in [1.165, 1.54) is 0 Å². The first kappa shape index (κ1) is 20.5. The van der Waals surface area contributed by atoms with Crippen LogP contribution >= 0.6 is 0 Å². The Hall–Kier alpha value is -2.21. The van der Waals surface area contributed by atoms with E-state index in [9.17, 15) is 14.4 Å². The number of nitrogens with one attached hydrogen (secondary N) is 3. The predicted octanol–water partition coefficient (Wildman–Crippen LogP) is 2.96. The second kappa shape index (κ2) is 7.66. The number of aryl methyl sites for hydroxylation is 1. The highest BCUT2D eigenvalue weighted by molar-refractivity contribution is 6.00. The third kappa shape index (κ3) is 5.19. The average Bonchev–Trinajstić information content (AvgIpc) is 2.56. The van der Waals surface area contributed by atoms with Crippen molar-refractivity contribution in [2.75, 3.05) is 5.32 Å². The lowest BCUT2D eigenvalue weighted by Gasteiger charge is -2.46. The zero-order valence-electron chi connectivity index (χ0n) is 17.3. The molecule has 2 aliphatic heterocycles. The molecule has 1 aromatic carbocycles. The van der Waals surface area contributed by atoms with E-state index < -0.39 is 0 Å². The maximum atomic E-state index is 12.5. The van der Waals surface area contributed by atoms with Crippen molar-refractivity contribution in [2.24, 2.45) is 0 Å². The monoisotopic (exact) mass is 385 g/mol. The number of carbonyl (C=O) groups excluding carboxylic acids is 3. The number of piperidine rings is 1. The van der Waals surface area contributed by atoms with Crippen LogP contribution < -0.4 is 16.0 Å². The standard InChI is InChI=1S/C22H31N3O3/c1-21(2)12-16(13-22(3,4)25-21)23-19(27)10-8-18(26)15-5-7-17-14(11-15)6-9-20(28)24-17/h5,7,11,16,25H,6,8-10,12-13H2,1-4H3,(H,23,27)(H,24,28). The highest BCUT2D eigenvalue weighted by Gasteiger charge is 2.38. The fourth-order valence-electron chi connectivity index (χ4n) is 4.65. The second-order valence-electron chi connectivity index (χ2n) is 9.41. The van der Waals surface area contributed by atoms with E-state index in [2.05, 4.69) is 43.6 Å². The number of benzene rings is 1. The quantitative estimate of drug-likeness (QED) is 0.680. The molecule has 6 nitrogen and oxygen atoms in total. The molecule has 0 aliphatic carbocycles. The summed E-state index contributed by atoms with van der Waals surface area (Å²) in [5.41, 5.74) is 2.30. The van der Waals surface area contributed by atoms with Crippen LogP contribution in [0.2, 0.25) is 0 Å². The van der Waals surface area contributed by atoms with Crippen LogP contribution in [0.3, 0.4) is 0 Å². The van der Waals surface area contributed by atoms with Crippen molar-refractivity contribution in [1.82, 2.24) is 10.6 Å². The Morgan fingerprint density at radius 3 is 2.43 bits per heavy atom. The van der Waals surface area contributed by atoms with Crippen LogP contribution in [0.4, 0.5) is 5.69 Å². The predicted molar refractivity (Wildman–Crippen MR) is 109 cm³/mol. The molecule has 0 atom stereocenters. The Labute approximate surface area is 166 Å². The molecule has 0 unspecified atom stereocenters. The molecule has 0 saturated carbocycles. The van der Waals surface area contributed by atoms with E-state index in [1.54, 1.807) is 12.1 Å². The molecular weight excluding hydrogens is 354 g/mol. The molecule has 3 N–H and O–H groups in total. The van der Waals surface area contributed by atoms with Gasteiger partial charge in [0.15, 0.2) is 5.78 Å². The van der Waals surface area contributed by atoms with Crippen LogP contribution in [0.15, 0.2) is 18.2 Å². The lowest BCUT2D eigenvalue weighted by molar-refractivity contribution is -0.122. The molecule has 152 valence electrons. The molecular formula is C22H31N3O3. The number of rotatable bonds is 5. The Morgan fingerprint density at radius 2 is 1.75 bits per heavy atom. The van der Waals surface area contributed by atoms with Gasteiger partial charge in [-0.2, -0.15) is 0 Å². The molecule has 0 bridgehead atoms. The number of hydrogen-bond donors (Lipinski definition) is 3. The average molecular weight is 386 g/mol. The van der Waals surface area contributed by atoms with Crippen molar-refractivity contribution in [3.8, 4) is 0 Å². The van der Waals surface area contributed by atoms with Crippen molar-refractivity contribution < 1.29 is 14.4 Å². The van der Waals surface area contributed by atoms with Gasteiger partial charge in [-0.1, -0.05) is 0 Å². The first-order chi connectivity index (χ1) is 13.0. The highest BCUT2D eigenvalue weighted by Crippen LogP contribution is 2.28. The van der Waals surface area contributed by atoms with Crippen LogP contribution in [0, 0.1) is 0 Å².